The number of benzene rings is 1. The summed E-state index contributed by atoms with van der Waals surface area (Å²) < 4.78 is 1.94. The molecule has 0 aliphatic heterocycles. The summed E-state index contributed by atoms with van der Waals surface area (Å²) in [5.41, 5.74) is 1.90. The fourth-order valence-electron chi connectivity index (χ4n) is 2.18. The largest absolute Gasteiger partial charge is 0.395 e. The molecule has 1 aromatic carbocycles. The van der Waals surface area contributed by atoms with Crippen molar-refractivity contribution in [3.63, 3.8) is 0 Å². The van der Waals surface area contributed by atoms with Crippen LogP contribution < -0.4 is 0 Å². The number of para-hydroxylation sites is 2. The summed E-state index contributed by atoms with van der Waals surface area (Å²) in [5, 5.41) is 18.0. The van der Waals surface area contributed by atoms with Crippen molar-refractivity contribution in [3.8, 4) is 6.07 Å². The highest BCUT2D eigenvalue weighted by molar-refractivity contribution is 5.75. The summed E-state index contributed by atoms with van der Waals surface area (Å²) in [6.07, 6.45) is 0. The first-order chi connectivity index (χ1) is 9.30. The molecule has 0 amide bonds. The van der Waals surface area contributed by atoms with Crippen molar-refractivity contribution in [2.75, 3.05) is 19.7 Å². The molecule has 0 radical (unpaired) electrons. The molecule has 0 aliphatic rings. The lowest BCUT2D eigenvalue weighted by Crippen LogP contribution is -2.27. The number of hydrogen-bond acceptors (Lipinski definition) is 4. The number of fused-ring (bicyclic) bond motifs is 1. The topological polar surface area (TPSA) is 65.1 Å². The minimum atomic E-state index is 0.131. The number of imidazole rings is 1. The minimum absolute atomic E-state index is 0.131. The molecule has 0 saturated carbocycles. The molecule has 2 aromatic rings. The lowest BCUT2D eigenvalue weighted by molar-refractivity contribution is 0.192. The van der Waals surface area contributed by atoms with Gasteiger partial charge >= 0.3 is 0 Å². The molecule has 0 fully saturated rings. The van der Waals surface area contributed by atoms with Crippen LogP contribution in [0.25, 0.3) is 11.0 Å². The molecular formula is C14H18N4O. The van der Waals surface area contributed by atoms with Gasteiger partial charge in [0.05, 0.1) is 30.3 Å². The molecule has 1 aromatic heterocycles. The molecule has 0 saturated heterocycles. The second kappa shape index (κ2) is 6.32. The Morgan fingerprint density at radius 3 is 2.89 bits per heavy atom. The van der Waals surface area contributed by atoms with Gasteiger partial charge in [-0.1, -0.05) is 19.1 Å². The van der Waals surface area contributed by atoms with E-state index in [9.17, 15) is 0 Å². The van der Waals surface area contributed by atoms with Crippen molar-refractivity contribution in [3.05, 3.63) is 30.1 Å². The zero-order chi connectivity index (χ0) is 13.7. The van der Waals surface area contributed by atoms with Crippen LogP contribution in [0.3, 0.4) is 0 Å². The molecule has 2 rings (SSSR count). The smallest absolute Gasteiger partial charge is 0.125 e. The lowest BCUT2D eigenvalue weighted by atomic mass is 10.3. The third-order valence-electron chi connectivity index (χ3n) is 3.19. The Balaban J connectivity index is 2.36. The molecule has 0 unspecified atom stereocenters. The number of nitrogens with zero attached hydrogens (tertiary/aromatic N) is 4. The van der Waals surface area contributed by atoms with Crippen LogP contribution in [0, 0.1) is 11.3 Å². The average molecular weight is 258 g/mol. The molecule has 1 N–H and O–H groups in total. The number of aliphatic hydroxyl groups is 1. The SMILES string of the molecule is CCN(CCO)Cc1nc2ccccc2n1CC#N. The van der Waals surface area contributed by atoms with Crippen LogP contribution in [-0.4, -0.2) is 39.3 Å². The van der Waals surface area contributed by atoms with E-state index in [0.717, 1.165) is 23.4 Å². The van der Waals surface area contributed by atoms with E-state index in [2.05, 4.69) is 16.0 Å². The first-order valence-corrected chi connectivity index (χ1v) is 6.44. The van der Waals surface area contributed by atoms with E-state index in [4.69, 9.17) is 10.4 Å². The molecule has 5 nitrogen and oxygen atoms in total. The van der Waals surface area contributed by atoms with Gasteiger partial charge in [0.15, 0.2) is 0 Å². The first kappa shape index (κ1) is 13.5. The lowest BCUT2D eigenvalue weighted by Gasteiger charge is -2.18. The van der Waals surface area contributed by atoms with E-state index in [1.807, 2.05) is 35.8 Å². The van der Waals surface area contributed by atoms with Crippen molar-refractivity contribution in [1.29, 1.82) is 5.26 Å². The fraction of sp³-hybridized carbons (Fsp3) is 0.429. The van der Waals surface area contributed by atoms with Gasteiger partial charge < -0.3 is 9.67 Å². The van der Waals surface area contributed by atoms with Crippen LogP contribution in [0.5, 0.6) is 0 Å². The standard InChI is InChI=1S/C14H18N4O/c1-2-17(9-10-19)11-14-16-12-5-3-4-6-13(12)18(14)8-7-15/h3-6,19H,2,8-11H2,1H3. The van der Waals surface area contributed by atoms with E-state index < -0.39 is 0 Å². The van der Waals surface area contributed by atoms with Crippen LogP contribution >= 0.6 is 0 Å². The van der Waals surface area contributed by atoms with Gasteiger partial charge in [0.2, 0.25) is 0 Å². The maximum Gasteiger partial charge on any atom is 0.125 e. The van der Waals surface area contributed by atoms with E-state index in [-0.39, 0.29) is 6.61 Å². The Labute approximate surface area is 112 Å². The number of likely N-dealkylation sites (N-methyl/N-ethyl adjacent to an activating group) is 1. The van der Waals surface area contributed by atoms with Crippen LogP contribution in [0.2, 0.25) is 0 Å². The molecule has 0 atom stereocenters. The highest BCUT2D eigenvalue weighted by Gasteiger charge is 2.12. The molecule has 0 bridgehead atoms. The van der Waals surface area contributed by atoms with Gasteiger partial charge in [-0.25, -0.2) is 4.98 Å². The predicted octanol–water partition coefficient (Wildman–Crippen LogP) is 1.37. The van der Waals surface area contributed by atoms with Gasteiger partial charge in [-0.05, 0) is 18.7 Å². The Bertz CT molecular complexity index is 585. The maximum atomic E-state index is 9.04. The second-order valence-corrected chi connectivity index (χ2v) is 4.35. The average Bonchev–Trinajstić information content (AvgIpc) is 2.77. The number of aliphatic hydroxyl groups excluding tert-OH is 1. The fourth-order valence-corrected chi connectivity index (χ4v) is 2.18. The number of hydrogen-bond donors (Lipinski definition) is 1. The highest BCUT2D eigenvalue weighted by atomic mass is 16.3. The van der Waals surface area contributed by atoms with Gasteiger partial charge in [0.1, 0.15) is 12.4 Å². The predicted molar refractivity (Wildman–Crippen MR) is 73.4 cm³/mol. The van der Waals surface area contributed by atoms with Crippen molar-refractivity contribution in [2.24, 2.45) is 0 Å². The van der Waals surface area contributed by atoms with Crippen molar-refractivity contribution < 1.29 is 5.11 Å². The summed E-state index contributed by atoms with van der Waals surface area (Å²) in [7, 11) is 0. The van der Waals surface area contributed by atoms with E-state index >= 15 is 0 Å². The van der Waals surface area contributed by atoms with E-state index in [1.54, 1.807) is 0 Å². The first-order valence-electron chi connectivity index (χ1n) is 6.44. The summed E-state index contributed by atoms with van der Waals surface area (Å²) in [6, 6.07) is 10.0. The summed E-state index contributed by atoms with van der Waals surface area (Å²) >= 11 is 0. The quantitative estimate of drug-likeness (QED) is 0.850. The Morgan fingerprint density at radius 1 is 1.42 bits per heavy atom. The monoisotopic (exact) mass is 258 g/mol. The molecule has 5 heteroatoms. The summed E-state index contributed by atoms with van der Waals surface area (Å²) in [4.78, 5) is 6.70. The number of aromatic nitrogens is 2. The van der Waals surface area contributed by atoms with Crippen LogP contribution in [0.4, 0.5) is 0 Å². The van der Waals surface area contributed by atoms with Crippen molar-refractivity contribution in [1.82, 2.24) is 14.5 Å². The van der Waals surface area contributed by atoms with Crippen LogP contribution in [-0.2, 0) is 13.1 Å². The maximum absolute atomic E-state index is 9.04. The summed E-state index contributed by atoms with van der Waals surface area (Å²) in [5.74, 6) is 0.873. The molecule has 0 spiro atoms. The summed E-state index contributed by atoms with van der Waals surface area (Å²) in [6.45, 7) is 4.59. The molecule has 100 valence electrons. The Morgan fingerprint density at radius 2 is 2.21 bits per heavy atom. The second-order valence-electron chi connectivity index (χ2n) is 4.35. The Kier molecular flexibility index (Phi) is 4.50. The molecule has 19 heavy (non-hydrogen) atoms. The molecule has 0 aliphatic carbocycles. The zero-order valence-corrected chi connectivity index (χ0v) is 11.1. The third-order valence-corrected chi connectivity index (χ3v) is 3.19. The van der Waals surface area contributed by atoms with Crippen molar-refractivity contribution in [2.45, 2.75) is 20.0 Å². The number of rotatable bonds is 6. The van der Waals surface area contributed by atoms with Gasteiger partial charge in [-0.2, -0.15) is 5.26 Å². The highest BCUT2D eigenvalue weighted by Crippen LogP contribution is 2.17. The minimum Gasteiger partial charge on any atom is -0.395 e. The van der Waals surface area contributed by atoms with Gasteiger partial charge in [0.25, 0.3) is 0 Å². The van der Waals surface area contributed by atoms with Gasteiger partial charge in [0, 0.05) is 6.54 Å². The zero-order valence-electron chi connectivity index (χ0n) is 11.1. The third kappa shape index (κ3) is 2.92. The van der Waals surface area contributed by atoms with Crippen molar-refractivity contribution >= 4 is 11.0 Å². The van der Waals surface area contributed by atoms with Gasteiger partial charge in [-0.15, -0.1) is 0 Å². The van der Waals surface area contributed by atoms with E-state index in [0.29, 0.717) is 19.6 Å². The normalized spacial score (nSPS) is 11.1. The van der Waals surface area contributed by atoms with Crippen LogP contribution in [0.15, 0.2) is 24.3 Å². The van der Waals surface area contributed by atoms with Crippen LogP contribution in [0.1, 0.15) is 12.7 Å². The van der Waals surface area contributed by atoms with Gasteiger partial charge in [-0.3, -0.25) is 4.90 Å². The van der Waals surface area contributed by atoms with E-state index in [1.165, 1.54) is 0 Å². The molecular weight excluding hydrogens is 240 g/mol. The number of nitriles is 1. The molecule has 1 heterocycles. The Hall–Kier alpha value is -1.90.